The Hall–Kier alpha value is -0.530. The van der Waals surface area contributed by atoms with Crippen molar-refractivity contribution >= 4 is 39.2 Å². The van der Waals surface area contributed by atoms with Crippen LogP contribution in [0.4, 0.5) is 0 Å². The average molecular weight is 332 g/mol. The Bertz CT molecular complexity index is 418. The Kier molecular flexibility index (Phi) is 5.13. The molecule has 0 aromatic heterocycles. The quantitative estimate of drug-likeness (QED) is 0.588. The molecule has 0 saturated heterocycles. The maximum absolute atomic E-state index is 8.96. The minimum Gasteiger partial charge on any atom is -0.193 e. The first-order valence-electron chi connectivity index (χ1n) is 4.73. The van der Waals surface area contributed by atoms with Gasteiger partial charge in [-0.25, -0.2) is 0 Å². The Labute approximate surface area is 109 Å². The third kappa shape index (κ3) is 3.51. The van der Waals surface area contributed by atoms with Crippen LogP contribution in [0, 0.1) is 14.9 Å². The largest absolute Gasteiger partial charge is 0.193 e. The highest BCUT2D eigenvalue weighted by Gasteiger charge is 2.06. The number of hydrogen-bond acceptors (Lipinski definition) is 1. The van der Waals surface area contributed by atoms with Crippen LogP contribution < -0.4 is 0 Å². The number of benzene rings is 1. The maximum atomic E-state index is 8.96. The summed E-state index contributed by atoms with van der Waals surface area (Å²) in [6.07, 6.45) is 1.67. The SMILES string of the molecule is CCCC(C#N)=C(Cl)c1cccc(I)c1. The lowest BCUT2D eigenvalue weighted by molar-refractivity contribution is 0.933. The van der Waals surface area contributed by atoms with Gasteiger partial charge in [0.2, 0.25) is 0 Å². The average Bonchev–Trinajstić information content (AvgIpc) is 2.25. The van der Waals surface area contributed by atoms with Crippen LogP contribution in [0.3, 0.4) is 0 Å². The molecule has 0 radical (unpaired) electrons. The number of allylic oxidation sites excluding steroid dienone is 1. The van der Waals surface area contributed by atoms with E-state index in [4.69, 9.17) is 16.9 Å². The molecule has 0 unspecified atom stereocenters. The van der Waals surface area contributed by atoms with E-state index in [1.807, 2.05) is 31.2 Å². The summed E-state index contributed by atoms with van der Waals surface area (Å²) in [5, 5.41) is 9.55. The third-order valence-corrected chi connectivity index (χ3v) is 3.10. The van der Waals surface area contributed by atoms with Gasteiger partial charge in [-0.15, -0.1) is 0 Å². The minimum atomic E-state index is 0.581. The number of hydrogen-bond donors (Lipinski definition) is 0. The number of rotatable bonds is 3. The molecule has 1 aromatic carbocycles. The fourth-order valence-electron chi connectivity index (χ4n) is 1.26. The molecule has 0 aliphatic rings. The van der Waals surface area contributed by atoms with Gasteiger partial charge in [0.25, 0.3) is 0 Å². The number of nitrogens with zero attached hydrogens (tertiary/aromatic N) is 1. The molecule has 0 amide bonds. The molecule has 0 aliphatic carbocycles. The Morgan fingerprint density at radius 1 is 1.53 bits per heavy atom. The molecule has 1 nitrogen and oxygen atoms in total. The van der Waals surface area contributed by atoms with Crippen LogP contribution in [0.15, 0.2) is 29.8 Å². The number of halogens is 2. The molecule has 0 heterocycles. The third-order valence-electron chi connectivity index (χ3n) is 1.98. The summed E-state index contributed by atoms with van der Waals surface area (Å²) in [6.45, 7) is 2.04. The zero-order valence-corrected chi connectivity index (χ0v) is 11.3. The molecule has 15 heavy (non-hydrogen) atoms. The highest BCUT2D eigenvalue weighted by molar-refractivity contribution is 14.1. The maximum Gasteiger partial charge on any atom is 0.0962 e. The highest BCUT2D eigenvalue weighted by atomic mass is 127. The summed E-state index contributed by atoms with van der Waals surface area (Å²) in [4.78, 5) is 0. The molecule has 78 valence electrons. The molecule has 3 heteroatoms. The zero-order valence-electron chi connectivity index (χ0n) is 8.43. The van der Waals surface area contributed by atoms with Gasteiger partial charge in [0.05, 0.1) is 11.1 Å². The van der Waals surface area contributed by atoms with Crippen LogP contribution in [0.2, 0.25) is 0 Å². The van der Waals surface area contributed by atoms with E-state index in [9.17, 15) is 0 Å². The monoisotopic (exact) mass is 331 g/mol. The zero-order chi connectivity index (χ0) is 11.3. The van der Waals surface area contributed by atoms with Crippen LogP contribution in [0.25, 0.3) is 5.03 Å². The predicted molar refractivity (Wildman–Crippen MR) is 72.5 cm³/mol. The summed E-state index contributed by atoms with van der Waals surface area (Å²) in [6, 6.07) is 10.0. The van der Waals surface area contributed by atoms with E-state index in [1.165, 1.54) is 0 Å². The summed E-state index contributed by atoms with van der Waals surface area (Å²) < 4.78 is 1.12. The van der Waals surface area contributed by atoms with Crippen LogP contribution in [0.5, 0.6) is 0 Å². The van der Waals surface area contributed by atoms with Crippen LogP contribution in [0.1, 0.15) is 25.3 Å². The second-order valence-corrected chi connectivity index (χ2v) is 4.79. The first kappa shape index (κ1) is 12.5. The van der Waals surface area contributed by atoms with E-state index in [-0.39, 0.29) is 0 Å². The molecule has 0 aliphatic heterocycles. The van der Waals surface area contributed by atoms with E-state index >= 15 is 0 Å². The second kappa shape index (κ2) is 6.14. The lowest BCUT2D eigenvalue weighted by Crippen LogP contribution is -1.86. The lowest BCUT2D eigenvalue weighted by Gasteiger charge is -2.03. The van der Waals surface area contributed by atoms with E-state index in [0.717, 1.165) is 22.0 Å². The molecule has 0 N–H and O–H groups in total. The molecule has 0 atom stereocenters. The fraction of sp³-hybridized carbons (Fsp3) is 0.250. The van der Waals surface area contributed by atoms with Crippen molar-refractivity contribution in [2.75, 3.05) is 0 Å². The van der Waals surface area contributed by atoms with Crippen molar-refractivity contribution in [3.8, 4) is 6.07 Å². The Morgan fingerprint density at radius 2 is 2.27 bits per heavy atom. The van der Waals surface area contributed by atoms with Gasteiger partial charge in [-0.2, -0.15) is 5.26 Å². The van der Waals surface area contributed by atoms with Gasteiger partial charge in [-0.1, -0.05) is 37.1 Å². The molecule has 0 saturated carbocycles. The van der Waals surface area contributed by atoms with Gasteiger partial charge >= 0.3 is 0 Å². The van der Waals surface area contributed by atoms with Crippen molar-refractivity contribution in [1.82, 2.24) is 0 Å². The van der Waals surface area contributed by atoms with Gasteiger partial charge in [-0.05, 0) is 46.7 Å². The normalized spacial score (nSPS) is 11.9. The first-order chi connectivity index (χ1) is 7.19. The molecule has 0 spiro atoms. The van der Waals surface area contributed by atoms with Gasteiger partial charge < -0.3 is 0 Å². The Balaban J connectivity index is 3.11. The van der Waals surface area contributed by atoms with Crippen LogP contribution >= 0.6 is 34.2 Å². The molecular formula is C12H11ClIN. The summed E-state index contributed by atoms with van der Waals surface area (Å²) >= 11 is 8.41. The minimum absolute atomic E-state index is 0.581. The van der Waals surface area contributed by atoms with Crippen molar-refractivity contribution < 1.29 is 0 Å². The van der Waals surface area contributed by atoms with Gasteiger partial charge in [0.15, 0.2) is 0 Å². The van der Waals surface area contributed by atoms with Crippen molar-refractivity contribution in [2.24, 2.45) is 0 Å². The summed E-state index contributed by atoms with van der Waals surface area (Å²) in [5.74, 6) is 0. The fourth-order valence-corrected chi connectivity index (χ4v) is 2.06. The molecule has 0 bridgehead atoms. The van der Waals surface area contributed by atoms with Crippen molar-refractivity contribution in [2.45, 2.75) is 19.8 Å². The van der Waals surface area contributed by atoms with Crippen LogP contribution in [-0.4, -0.2) is 0 Å². The van der Waals surface area contributed by atoms with Crippen LogP contribution in [-0.2, 0) is 0 Å². The molecule has 1 rings (SSSR count). The summed E-state index contributed by atoms with van der Waals surface area (Å²) in [7, 11) is 0. The number of nitriles is 1. The van der Waals surface area contributed by atoms with E-state index in [0.29, 0.717) is 10.6 Å². The van der Waals surface area contributed by atoms with Gasteiger partial charge in [-0.3, -0.25) is 0 Å². The van der Waals surface area contributed by atoms with E-state index in [1.54, 1.807) is 0 Å². The second-order valence-electron chi connectivity index (χ2n) is 3.16. The van der Waals surface area contributed by atoms with E-state index in [2.05, 4.69) is 28.7 Å². The van der Waals surface area contributed by atoms with Gasteiger partial charge in [0, 0.05) is 9.14 Å². The Morgan fingerprint density at radius 3 is 2.80 bits per heavy atom. The van der Waals surface area contributed by atoms with Crippen molar-refractivity contribution in [3.05, 3.63) is 39.0 Å². The van der Waals surface area contributed by atoms with E-state index < -0.39 is 0 Å². The van der Waals surface area contributed by atoms with Crippen molar-refractivity contribution in [3.63, 3.8) is 0 Å². The highest BCUT2D eigenvalue weighted by Crippen LogP contribution is 2.26. The lowest BCUT2D eigenvalue weighted by atomic mass is 10.1. The molecular weight excluding hydrogens is 320 g/mol. The topological polar surface area (TPSA) is 23.8 Å². The standard InChI is InChI=1S/C12H11ClIN/c1-2-4-10(8-15)12(13)9-5-3-6-11(14)7-9/h3,5-7H,2,4H2,1H3. The predicted octanol–water partition coefficient (Wildman–Crippen LogP) is 4.56. The smallest absolute Gasteiger partial charge is 0.0962 e. The van der Waals surface area contributed by atoms with Gasteiger partial charge in [0.1, 0.15) is 0 Å². The van der Waals surface area contributed by atoms with Crippen molar-refractivity contribution in [1.29, 1.82) is 5.26 Å². The first-order valence-corrected chi connectivity index (χ1v) is 6.19. The molecule has 1 aromatic rings. The molecule has 0 fully saturated rings. The summed E-state index contributed by atoms with van der Waals surface area (Å²) in [5.41, 5.74) is 1.59.